The van der Waals surface area contributed by atoms with Gasteiger partial charge in [0.2, 0.25) is 0 Å². The van der Waals surface area contributed by atoms with Gasteiger partial charge >= 0.3 is 0 Å². The van der Waals surface area contributed by atoms with Crippen LogP contribution in [0.5, 0.6) is 0 Å². The Bertz CT molecular complexity index is 197. The zero-order valence-corrected chi connectivity index (χ0v) is 6.34. The third kappa shape index (κ3) is 2.95. The van der Waals surface area contributed by atoms with Gasteiger partial charge in [-0.2, -0.15) is 8.42 Å². The SMILES string of the molecule is C=CCC(CN)S(=O)(=O)O. The second kappa shape index (κ2) is 3.70. The zero-order chi connectivity index (χ0) is 8.20. The molecule has 0 rings (SSSR count). The molecule has 4 nitrogen and oxygen atoms in total. The molecule has 0 heterocycles. The predicted molar refractivity (Wildman–Crippen MR) is 39.2 cm³/mol. The highest BCUT2D eigenvalue weighted by Gasteiger charge is 2.18. The van der Waals surface area contributed by atoms with Crippen molar-refractivity contribution in [3.8, 4) is 0 Å². The summed E-state index contributed by atoms with van der Waals surface area (Å²) >= 11 is 0. The van der Waals surface area contributed by atoms with E-state index in [1.54, 1.807) is 0 Å². The van der Waals surface area contributed by atoms with E-state index in [1.807, 2.05) is 0 Å². The van der Waals surface area contributed by atoms with E-state index >= 15 is 0 Å². The molecule has 0 aromatic heterocycles. The minimum absolute atomic E-state index is 0.0785. The maximum Gasteiger partial charge on any atom is 0.269 e. The fraction of sp³-hybridized carbons (Fsp3) is 0.600. The number of rotatable bonds is 4. The van der Waals surface area contributed by atoms with E-state index in [-0.39, 0.29) is 13.0 Å². The van der Waals surface area contributed by atoms with Crippen LogP contribution in [0.4, 0.5) is 0 Å². The van der Waals surface area contributed by atoms with Crippen LogP contribution in [-0.2, 0) is 10.1 Å². The lowest BCUT2D eigenvalue weighted by molar-refractivity contribution is 0.467. The summed E-state index contributed by atoms with van der Waals surface area (Å²) in [5.74, 6) is 0. The summed E-state index contributed by atoms with van der Waals surface area (Å²) in [6.07, 6.45) is 1.60. The predicted octanol–water partition coefficient (Wildman–Crippen LogP) is -0.222. The van der Waals surface area contributed by atoms with Crippen molar-refractivity contribution in [3.05, 3.63) is 12.7 Å². The van der Waals surface area contributed by atoms with Gasteiger partial charge in [-0.1, -0.05) is 6.08 Å². The van der Waals surface area contributed by atoms with Crippen molar-refractivity contribution in [1.82, 2.24) is 0 Å². The average Bonchev–Trinajstić information content (AvgIpc) is 1.80. The number of hydrogen-bond donors (Lipinski definition) is 2. The minimum atomic E-state index is -3.97. The summed E-state index contributed by atoms with van der Waals surface area (Å²) < 4.78 is 29.2. The molecule has 0 saturated heterocycles. The third-order valence-electron chi connectivity index (χ3n) is 1.11. The minimum Gasteiger partial charge on any atom is -0.329 e. The summed E-state index contributed by atoms with van der Waals surface area (Å²) in [6, 6.07) is 0. The summed E-state index contributed by atoms with van der Waals surface area (Å²) in [5.41, 5.74) is 5.06. The van der Waals surface area contributed by atoms with Crippen molar-refractivity contribution in [1.29, 1.82) is 0 Å². The summed E-state index contributed by atoms with van der Waals surface area (Å²) in [4.78, 5) is 0. The Hall–Kier alpha value is -0.390. The Morgan fingerprint density at radius 3 is 2.30 bits per heavy atom. The Morgan fingerprint density at radius 1 is 1.70 bits per heavy atom. The molecule has 3 N–H and O–H groups in total. The molecule has 0 fully saturated rings. The molecule has 1 atom stereocenters. The van der Waals surface area contributed by atoms with Crippen molar-refractivity contribution in [3.63, 3.8) is 0 Å². The second-order valence-corrected chi connectivity index (χ2v) is 3.59. The number of hydrogen-bond acceptors (Lipinski definition) is 3. The van der Waals surface area contributed by atoms with Gasteiger partial charge in [-0.3, -0.25) is 4.55 Å². The van der Waals surface area contributed by atoms with Gasteiger partial charge in [0.1, 0.15) is 5.25 Å². The maximum absolute atomic E-state index is 10.4. The molecular formula is C5H11NO3S. The molecule has 0 aliphatic rings. The molecule has 0 aromatic rings. The topological polar surface area (TPSA) is 80.4 Å². The normalized spacial score (nSPS) is 14.6. The Morgan fingerprint density at radius 2 is 2.20 bits per heavy atom. The van der Waals surface area contributed by atoms with Gasteiger partial charge in [0, 0.05) is 6.54 Å². The lowest BCUT2D eigenvalue weighted by Gasteiger charge is -2.06. The quantitative estimate of drug-likeness (QED) is 0.445. The molecule has 0 radical (unpaired) electrons. The van der Waals surface area contributed by atoms with Crippen LogP contribution in [0.3, 0.4) is 0 Å². The van der Waals surface area contributed by atoms with Crippen LogP contribution in [0.2, 0.25) is 0 Å². The van der Waals surface area contributed by atoms with Crippen LogP contribution in [0.25, 0.3) is 0 Å². The van der Waals surface area contributed by atoms with Crippen molar-refractivity contribution < 1.29 is 13.0 Å². The van der Waals surface area contributed by atoms with Crippen molar-refractivity contribution in [2.24, 2.45) is 5.73 Å². The molecule has 0 aliphatic heterocycles. The van der Waals surface area contributed by atoms with Gasteiger partial charge in [-0.15, -0.1) is 6.58 Å². The molecule has 0 spiro atoms. The molecule has 10 heavy (non-hydrogen) atoms. The number of allylic oxidation sites excluding steroid dienone is 1. The molecule has 0 bridgehead atoms. The van der Waals surface area contributed by atoms with Crippen LogP contribution in [0.15, 0.2) is 12.7 Å². The second-order valence-electron chi connectivity index (χ2n) is 1.90. The molecule has 5 heteroatoms. The van der Waals surface area contributed by atoms with Gasteiger partial charge in [-0.25, -0.2) is 0 Å². The van der Waals surface area contributed by atoms with E-state index in [2.05, 4.69) is 6.58 Å². The van der Waals surface area contributed by atoms with Crippen LogP contribution >= 0.6 is 0 Å². The van der Waals surface area contributed by atoms with Crippen LogP contribution in [0.1, 0.15) is 6.42 Å². The van der Waals surface area contributed by atoms with E-state index in [0.29, 0.717) is 0 Å². The van der Waals surface area contributed by atoms with E-state index in [0.717, 1.165) is 0 Å². The van der Waals surface area contributed by atoms with Gasteiger partial charge in [0.05, 0.1) is 0 Å². The Labute approximate surface area is 60.5 Å². The van der Waals surface area contributed by atoms with E-state index in [4.69, 9.17) is 10.3 Å². The largest absolute Gasteiger partial charge is 0.329 e. The average molecular weight is 165 g/mol. The van der Waals surface area contributed by atoms with Crippen molar-refractivity contribution in [2.45, 2.75) is 11.7 Å². The highest BCUT2D eigenvalue weighted by molar-refractivity contribution is 7.86. The van der Waals surface area contributed by atoms with Crippen molar-refractivity contribution in [2.75, 3.05) is 6.54 Å². The molecule has 0 aromatic carbocycles. The first-order chi connectivity index (χ1) is 4.52. The molecule has 0 aliphatic carbocycles. The summed E-state index contributed by atoms with van der Waals surface area (Å²) in [7, 11) is -3.97. The fourth-order valence-corrected chi connectivity index (χ4v) is 1.15. The molecule has 0 amide bonds. The first-order valence-corrected chi connectivity index (χ1v) is 4.30. The van der Waals surface area contributed by atoms with E-state index in [1.165, 1.54) is 6.08 Å². The van der Waals surface area contributed by atoms with Gasteiger partial charge in [0.25, 0.3) is 10.1 Å². The molecule has 1 unspecified atom stereocenters. The number of nitrogens with two attached hydrogens (primary N) is 1. The standard InChI is InChI=1S/C5H11NO3S/c1-2-3-5(4-6)10(7,8)9/h2,5H,1,3-4,6H2,(H,7,8,9). The van der Waals surface area contributed by atoms with Crippen LogP contribution in [-0.4, -0.2) is 24.8 Å². The molecule has 0 saturated carbocycles. The van der Waals surface area contributed by atoms with Crippen LogP contribution < -0.4 is 5.73 Å². The molecule has 60 valence electrons. The lowest BCUT2D eigenvalue weighted by Crippen LogP contribution is -2.28. The highest BCUT2D eigenvalue weighted by Crippen LogP contribution is 2.01. The highest BCUT2D eigenvalue weighted by atomic mass is 32.2. The first-order valence-electron chi connectivity index (χ1n) is 2.79. The van der Waals surface area contributed by atoms with Crippen LogP contribution in [0, 0.1) is 0 Å². The van der Waals surface area contributed by atoms with Crippen molar-refractivity contribution >= 4 is 10.1 Å². The first kappa shape index (κ1) is 9.61. The van der Waals surface area contributed by atoms with Gasteiger partial charge in [-0.05, 0) is 6.42 Å². The summed E-state index contributed by atoms with van der Waals surface area (Å²) in [6.45, 7) is 3.25. The van der Waals surface area contributed by atoms with E-state index in [9.17, 15) is 8.42 Å². The van der Waals surface area contributed by atoms with Gasteiger partial charge in [0.15, 0.2) is 0 Å². The zero-order valence-electron chi connectivity index (χ0n) is 5.53. The Balaban J connectivity index is 4.22. The third-order valence-corrected chi connectivity index (χ3v) is 2.34. The Kier molecular flexibility index (Phi) is 3.55. The molecular weight excluding hydrogens is 154 g/mol. The van der Waals surface area contributed by atoms with Gasteiger partial charge < -0.3 is 5.73 Å². The van der Waals surface area contributed by atoms with E-state index < -0.39 is 15.4 Å². The summed E-state index contributed by atoms with van der Waals surface area (Å²) in [5, 5.41) is -0.898. The lowest BCUT2D eigenvalue weighted by atomic mass is 10.3. The maximum atomic E-state index is 10.4. The fourth-order valence-electron chi connectivity index (χ4n) is 0.525. The monoisotopic (exact) mass is 165 g/mol. The smallest absolute Gasteiger partial charge is 0.269 e.